The molecule has 9 heteroatoms. The van der Waals surface area contributed by atoms with Crippen LogP contribution in [0.5, 0.6) is 0 Å². The second-order valence-electron chi connectivity index (χ2n) is 8.78. The highest BCUT2D eigenvalue weighted by Gasteiger charge is 2.76. The highest BCUT2D eigenvalue weighted by atomic mass is 79.9. The molecule has 0 radical (unpaired) electrons. The number of alkyl halides is 1. The predicted molar refractivity (Wildman–Crippen MR) is 120 cm³/mol. The monoisotopic (exact) mass is 508 g/mol. The van der Waals surface area contributed by atoms with Crippen molar-refractivity contribution in [2.24, 2.45) is 11.8 Å². The summed E-state index contributed by atoms with van der Waals surface area (Å²) in [6, 6.07) is 4.84. The summed E-state index contributed by atoms with van der Waals surface area (Å²) in [6.45, 7) is 5.84. The lowest BCUT2D eigenvalue weighted by atomic mass is 9.70. The minimum Gasteiger partial charge on any atom is -0.466 e. The zero-order chi connectivity index (χ0) is 23.2. The van der Waals surface area contributed by atoms with Crippen LogP contribution in [-0.4, -0.2) is 70.1 Å². The van der Waals surface area contributed by atoms with Crippen LogP contribution in [0.15, 0.2) is 18.2 Å². The number of ether oxygens (including phenoxy) is 2. The summed E-state index contributed by atoms with van der Waals surface area (Å²) in [7, 11) is 0. The lowest BCUT2D eigenvalue weighted by Gasteiger charge is -2.34. The van der Waals surface area contributed by atoms with E-state index in [0.717, 1.165) is 11.1 Å². The summed E-state index contributed by atoms with van der Waals surface area (Å²) in [5.41, 5.74) is 1.41. The van der Waals surface area contributed by atoms with Gasteiger partial charge < -0.3 is 24.8 Å². The molecular formula is C23H29BrN2O6. The van der Waals surface area contributed by atoms with E-state index in [1.165, 1.54) is 4.90 Å². The molecule has 3 saturated heterocycles. The molecule has 4 rings (SSSR count). The number of likely N-dealkylation sites (tertiary alicyclic amines) is 1. The van der Waals surface area contributed by atoms with Crippen LogP contribution in [0.25, 0.3) is 0 Å². The number of anilines is 1. The third-order valence-corrected chi connectivity index (χ3v) is 7.73. The van der Waals surface area contributed by atoms with Crippen LogP contribution >= 0.6 is 15.9 Å². The predicted octanol–water partition coefficient (Wildman–Crippen LogP) is 1.94. The van der Waals surface area contributed by atoms with Gasteiger partial charge in [-0.25, -0.2) is 0 Å². The van der Waals surface area contributed by atoms with Gasteiger partial charge in [0, 0.05) is 23.7 Å². The Balaban J connectivity index is 1.73. The van der Waals surface area contributed by atoms with Crippen LogP contribution in [-0.2, 0) is 23.9 Å². The number of carbonyl (C=O) groups excluding carboxylic acids is 3. The van der Waals surface area contributed by atoms with Gasteiger partial charge in [-0.1, -0.05) is 34.1 Å². The summed E-state index contributed by atoms with van der Waals surface area (Å²) in [4.78, 5) is 41.4. The van der Waals surface area contributed by atoms with Crippen molar-refractivity contribution in [1.29, 1.82) is 0 Å². The largest absolute Gasteiger partial charge is 0.466 e. The molecule has 8 nitrogen and oxygen atoms in total. The number of aryl methyl sites for hydroxylation is 2. The Labute approximate surface area is 195 Å². The van der Waals surface area contributed by atoms with E-state index in [1.807, 2.05) is 32.0 Å². The van der Waals surface area contributed by atoms with Crippen molar-refractivity contribution in [1.82, 2.24) is 4.90 Å². The second kappa shape index (κ2) is 8.76. The van der Waals surface area contributed by atoms with Crippen LogP contribution in [0, 0.1) is 25.7 Å². The number of rotatable bonds is 7. The number of halogens is 1. The first kappa shape index (κ1) is 23.2. The number of aliphatic hydroxyl groups is 1. The molecule has 6 atom stereocenters. The van der Waals surface area contributed by atoms with Crippen molar-refractivity contribution >= 4 is 39.4 Å². The zero-order valence-corrected chi connectivity index (χ0v) is 20.1. The fraction of sp³-hybridized carbons (Fsp3) is 0.609. The standard InChI is InChI=1S/C23H29BrN2O6/c1-4-31-22(30)15-16-21(29)26(9-6-10-27)19(23(16)11-14(24)18(15)32-23)20(28)25-17-12(2)7-5-8-13(17)3/h5,7-8,14-16,18-19,27H,4,6,9-11H2,1-3H3,(H,25,28)/t14?,15-,16+,18-,19-,23+/m0/s1. The summed E-state index contributed by atoms with van der Waals surface area (Å²) in [5, 5.41) is 12.4. The fourth-order valence-electron chi connectivity index (χ4n) is 5.62. The molecule has 1 aromatic rings. The number of nitrogens with one attached hydrogen (secondary N) is 1. The number of nitrogens with zero attached hydrogens (tertiary/aromatic N) is 1. The molecule has 3 aliphatic rings. The molecule has 3 aliphatic heterocycles. The van der Waals surface area contributed by atoms with E-state index >= 15 is 0 Å². The highest BCUT2D eigenvalue weighted by molar-refractivity contribution is 9.09. The maximum absolute atomic E-state index is 13.7. The first-order valence-corrected chi connectivity index (χ1v) is 11.9. The Hall–Kier alpha value is -1.97. The van der Waals surface area contributed by atoms with Crippen LogP contribution in [0.4, 0.5) is 5.69 Å². The van der Waals surface area contributed by atoms with Crippen LogP contribution in [0.2, 0.25) is 0 Å². The molecule has 174 valence electrons. The summed E-state index contributed by atoms with van der Waals surface area (Å²) < 4.78 is 11.6. The number of amides is 2. The van der Waals surface area contributed by atoms with Crippen molar-refractivity contribution in [2.75, 3.05) is 25.1 Å². The smallest absolute Gasteiger partial charge is 0.312 e. The van der Waals surface area contributed by atoms with E-state index in [9.17, 15) is 19.5 Å². The molecule has 1 unspecified atom stereocenters. The normalized spacial score (nSPS) is 32.8. The van der Waals surface area contributed by atoms with E-state index < -0.39 is 35.6 Å². The Bertz CT molecular complexity index is 919. The highest BCUT2D eigenvalue weighted by Crippen LogP contribution is 2.60. The van der Waals surface area contributed by atoms with Gasteiger partial charge in [-0.2, -0.15) is 0 Å². The molecule has 0 aromatic heterocycles. The van der Waals surface area contributed by atoms with Crippen LogP contribution in [0.1, 0.15) is 30.9 Å². The van der Waals surface area contributed by atoms with Gasteiger partial charge in [-0.15, -0.1) is 0 Å². The minimum atomic E-state index is -1.12. The molecular weight excluding hydrogens is 480 g/mol. The quantitative estimate of drug-likeness (QED) is 0.430. The topological polar surface area (TPSA) is 105 Å². The lowest BCUT2D eigenvalue weighted by molar-refractivity contribution is -0.154. The molecule has 32 heavy (non-hydrogen) atoms. The number of benzene rings is 1. The van der Waals surface area contributed by atoms with Crippen molar-refractivity contribution < 1.29 is 29.0 Å². The molecule has 2 N–H and O–H groups in total. The van der Waals surface area contributed by atoms with E-state index in [2.05, 4.69) is 21.2 Å². The van der Waals surface area contributed by atoms with Gasteiger partial charge >= 0.3 is 5.97 Å². The first-order chi connectivity index (χ1) is 15.3. The second-order valence-corrected chi connectivity index (χ2v) is 9.96. The summed E-state index contributed by atoms with van der Waals surface area (Å²) in [5.74, 6) is -2.66. The lowest BCUT2D eigenvalue weighted by Crippen LogP contribution is -2.54. The molecule has 1 spiro atoms. The van der Waals surface area contributed by atoms with E-state index in [1.54, 1.807) is 6.92 Å². The van der Waals surface area contributed by atoms with Crippen molar-refractivity contribution in [3.05, 3.63) is 29.3 Å². The molecule has 3 fully saturated rings. The zero-order valence-electron chi connectivity index (χ0n) is 18.5. The van der Waals surface area contributed by atoms with E-state index in [4.69, 9.17) is 9.47 Å². The summed E-state index contributed by atoms with van der Waals surface area (Å²) >= 11 is 3.61. The summed E-state index contributed by atoms with van der Waals surface area (Å²) in [6.07, 6.45) is 0.232. The van der Waals surface area contributed by atoms with Gasteiger partial charge in [0.25, 0.3) is 0 Å². The Morgan fingerprint density at radius 2 is 2.03 bits per heavy atom. The SMILES string of the molecule is CCOC(=O)[C@@H]1[C@H]2O[C@@]3(CC2Br)[C@H](C(=O)Nc2c(C)cccc2C)N(CCCO)C(=O)[C@@H]13. The van der Waals surface area contributed by atoms with Crippen LogP contribution in [0.3, 0.4) is 0 Å². The fourth-order valence-corrected chi connectivity index (χ4v) is 6.57. The van der Waals surface area contributed by atoms with Gasteiger partial charge in [0.1, 0.15) is 11.6 Å². The van der Waals surface area contributed by atoms with Gasteiger partial charge in [-0.3, -0.25) is 14.4 Å². The van der Waals surface area contributed by atoms with Gasteiger partial charge in [0.05, 0.1) is 24.5 Å². The molecule has 2 amide bonds. The average Bonchev–Trinajstić information content (AvgIpc) is 3.33. The minimum absolute atomic E-state index is 0.113. The molecule has 1 aromatic carbocycles. The number of fused-ring (bicyclic) bond motifs is 1. The third kappa shape index (κ3) is 3.45. The van der Waals surface area contributed by atoms with Crippen molar-refractivity contribution in [2.45, 2.75) is 56.2 Å². The molecule has 2 bridgehead atoms. The third-order valence-electron chi connectivity index (χ3n) is 6.88. The van der Waals surface area contributed by atoms with Gasteiger partial charge in [0.15, 0.2) is 0 Å². The van der Waals surface area contributed by atoms with Gasteiger partial charge in [0.2, 0.25) is 11.8 Å². The maximum atomic E-state index is 13.7. The number of hydrogen-bond acceptors (Lipinski definition) is 6. The van der Waals surface area contributed by atoms with Crippen molar-refractivity contribution in [3.63, 3.8) is 0 Å². The Morgan fingerprint density at radius 3 is 2.66 bits per heavy atom. The van der Waals surface area contributed by atoms with Crippen LogP contribution < -0.4 is 5.32 Å². The molecule has 0 aliphatic carbocycles. The Morgan fingerprint density at radius 1 is 1.34 bits per heavy atom. The number of carbonyl (C=O) groups is 3. The number of para-hydroxylation sites is 1. The van der Waals surface area contributed by atoms with E-state index in [-0.39, 0.29) is 36.4 Å². The Kier molecular flexibility index (Phi) is 6.35. The number of esters is 1. The molecule has 3 heterocycles. The van der Waals surface area contributed by atoms with E-state index in [0.29, 0.717) is 18.5 Å². The molecule has 0 saturated carbocycles. The number of hydrogen-bond donors (Lipinski definition) is 2. The van der Waals surface area contributed by atoms with Crippen molar-refractivity contribution in [3.8, 4) is 0 Å². The maximum Gasteiger partial charge on any atom is 0.312 e. The average molecular weight is 509 g/mol. The van der Waals surface area contributed by atoms with Gasteiger partial charge in [-0.05, 0) is 44.7 Å². The first-order valence-electron chi connectivity index (χ1n) is 11.0. The number of aliphatic hydroxyl groups excluding tert-OH is 1.